The summed E-state index contributed by atoms with van der Waals surface area (Å²) in [6, 6.07) is 8.76. The molecule has 6 nitrogen and oxygen atoms in total. The van der Waals surface area contributed by atoms with E-state index in [1.54, 1.807) is 23.9 Å². The molecule has 0 unspecified atom stereocenters. The highest BCUT2D eigenvalue weighted by atomic mass is 32.2. The Bertz CT molecular complexity index is 622. The first-order valence-electron chi connectivity index (χ1n) is 8.73. The summed E-state index contributed by atoms with van der Waals surface area (Å²) in [6.07, 6.45) is 2.42. The van der Waals surface area contributed by atoms with Gasteiger partial charge in [0.1, 0.15) is 6.10 Å². The average molecular weight is 379 g/mol. The van der Waals surface area contributed by atoms with E-state index in [0.29, 0.717) is 17.7 Å². The molecule has 1 aromatic rings. The van der Waals surface area contributed by atoms with Crippen LogP contribution in [-0.2, 0) is 19.1 Å². The number of methoxy groups -OCH3 is 1. The minimum atomic E-state index is -0.358. The van der Waals surface area contributed by atoms with Gasteiger partial charge < -0.3 is 14.8 Å². The molecule has 1 aliphatic rings. The number of thioether (sulfide) groups is 1. The monoisotopic (exact) mass is 379 g/mol. The topological polar surface area (TPSA) is 81.7 Å². The Labute approximate surface area is 158 Å². The van der Waals surface area contributed by atoms with E-state index in [-0.39, 0.29) is 35.2 Å². The lowest BCUT2D eigenvalue weighted by molar-refractivity contribution is -0.147. The molecule has 1 aromatic carbocycles. The summed E-state index contributed by atoms with van der Waals surface area (Å²) in [5.74, 6) is -0.0395. The van der Waals surface area contributed by atoms with E-state index >= 15 is 0 Å². The molecule has 1 amide bonds. The summed E-state index contributed by atoms with van der Waals surface area (Å²) in [7, 11) is 1.38. The Morgan fingerprint density at radius 3 is 2.58 bits per heavy atom. The fourth-order valence-corrected chi connectivity index (χ4v) is 4.45. The second-order valence-electron chi connectivity index (χ2n) is 6.21. The molecule has 0 aliphatic carbocycles. The number of hydrogen-bond donors (Lipinski definition) is 1. The van der Waals surface area contributed by atoms with Crippen LogP contribution in [-0.4, -0.2) is 48.1 Å². The second-order valence-corrected chi connectivity index (χ2v) is 7.49. The maximum atomic E-state index is 12.4. The molecular weight excluding hydrogens is 354 g/mol. The van der Waals surface area contributed by atoms with E-state index in [1.165, 1.54) is 14.0 Å². The number of esters is 2. The predicted molar refractivity (Wildman–Crippen MR) is 100.0 cm³/mol. The van der Waals surface area contributed by atoms with Crippen molar-refractivity contribution in [2.24, 2.45) is 0 Å². The van der Waals surface area contributed by atoms with Crippen LogP contribution >= 0.6 is 11.8 Å². The Morgan fingerprint density at radius 1 is 1.19 bits per heavy atom. The van der Waals surface area contributed by atoms with E-state index in [4.69, 9.17) is 4.74 Å². The Hall–Kier alpha value is -2.02. The van der Waals surface area contributed by atoms with E-state index in [1.807, 2.05) is 18.2 Å². The van der Waals surface area contributed by atoms with Gasteiger partial charge in [-0.05, 0) is 25.0 Å². The zero-order valence-electron chi connectivity index (χ0n) is 15.1. The van der Waals surface area contributed by atoms with Crippen LogP contribution < -0.4 is 5.32 Å². The van der Waals surface area contributed by atoms with Crippen molar-refractivity contribution in [2.45, 2.75) is 50.0 Å². The van der Waals surface area contributed by atoms with Gasteiger partial charge >= 0.3 is 11.9 Å². The summed E-state index contributed by atoms with van der Waals surface area (Å²) in [5, 5.41) is 3.10. The molecule has 7 heteroatoms. The van der Waals surface area contributed by atoms with E-state index < -0.39 is 0 Å². The smallest absolute Gasteiger partial charge is 0.305 e. The predicted octanol–water partition coefficient (Wildman–Crippen LogP) is 2.57. The fraction of sp³-hybridized carbons (Fsp3) is 0.526. The van der Waals surface area contributed by atoms with Crippen LogP contribution in [0.4, 0.5) is 0 Å². The molecule has 1 fully saturated rings. The maximum Gasteiger partial charge on any atom is 0.305 e. The van der Waals surface area contributed by atoms with E-state index in [9.17, 15) is 14.4 Å². The summed E-state index contributed by atoms with van der Waals surface area (Å²) in [6.45, 7) is 1.38. The number of amides is 1. The standard InChI is InChI=1S/C19H25NO5S/c1-13(21)25-18-15(20-19(23)14-8-4-3-5-9-14)12-26-16(18)10-6-7-11-17(22)24-2/h3-5,8-9,15-16,18H,6-7,10-12H2,1-2H3,(H,20,23)/t15-,16+,18+/m1/s1. The largest absolute Gasteiger partial charge is 0.469 e. The number of ether oxygens (including phenoxy) is 2. The molecule has 2 rings (SSSR count). The van der Waals surface area contributed by atoms with Crippen LogP contribution in [0.3, 0.4) is 0 Å². The number of hydrogen-bond acceptors (Lipinski definition) is 6. The molecular formula is C19H25NO5S. The van der Waals surface area contributed by atoms with Crippen molar-refractivity contribution in [3.63, 3.8) is 0 Å². The average Bonchev–Trinajstić information content (AvgIpc) is 3.00. The fourth-order valence-electron chi connectivity index (χ4n) is 2.96. The molecule has 0 aromatic heterocycles. The number of rotatable bonds is 8. The molecule has 0 bridgehead atoms. The van der Waals surface area contributed by atoms with Crippen molar-refractivity contribution < 1.29 is 23.9 Å². The van der Waals surface area contributed by atoms with Crippen molar-refractivity contribution in [3.05, 3.63) is 35.9 Å². The summed E-state index contributed by atoms with van der Waals surface area (Å²) >= 11 is 1.69. The van der Waals surface area contributed by atoms with Crippen LogP contribution in [0.5, 0.6) is 0 Å². The molecule has 26 heavy (non-hydrogen) atoms. The Balaban J connectivity index is 1.91. The van der Waals surface area contributed by atoms with E-state index in [2.05, 4.69) is 10.1 Å². The SMILES string of the molecule is COC(=O)CCCC[C@@H]1SC[C@@H](NC(=O)c2ccccc2)[C@@H]1OC(C)=O. The number of nitrogens with one attached hydrogen (secondary N) is 1. The molecule has 1 N–H and O–H groups in total. The van der Waals surface area contributed by atoms with Crippen LogP contribution in [0.1, 0.15) is 43.0 Å². The van der Waals surface area contributed by atoms with Gasteiger partial charge in [-0.2, -0.15) is 11.8 Å². The molecule has 3 atom stereocenters. The number of benzene rings is 1. The Morgan fingerprint density at radius 2 is 1.92 bits per heavy atom. The number of carbonyl (C=O) groups excluding carboxylic acids is 3. The van der Waals surface area contributed by atoms with Gasteiger partial charge in [0.2, 0.25) is 0 Å². The van der Waals surface area contributed by atoms with Crippen LogP contribution in [0, 0.1) is 0 Å². The second kappa shape index (κ2) is 10.2. The van der Waals surface area contributed by atoms with Crippen LogP contribution in [0.25, 0.3) is 0 Å². The van der Waals surface area contributed by atoms with E-state index in [0.717, 1.165) is 19.3 Å². The van der Waals surface area contributed by atoms with Gasteiger partial charge in [-0.15, -0.1) is 0 Å². The van der Waals surface area contributed by atoms with Crippen molar-refractivity contribution in [3.8, 4) is 0 Å². The first-order chi connectivity index (χ1) is 12.5. The molecule has 0 radical (unpaired) electrons. The highest BCUT2D eigenvalue weighted by molar-refractivity contribution is 8.00. The number of unbranched alkanes of at least 4 members (excludes halogenated alkanes) is 1. The minimum Gasteiger partial charge on any atom is -0.469 e. The van der Waals surface area contributed by atoms with Gasteiger partial charge in [0.15, 0.2) is 0 Å². The lowest BCUT2D eigenvalue weighted by Gasteiger charge is -2.24. The first kappa shape index (κ1) is 20.3. The highest BCUT2D eigenvalue weighted by Crippen LogP contribution is 2.33. The molecule has 1 saturated heterocycles. The molecule has 0 saturated carbocycles. The van der Waals surface area contributed by atoms with Crippen molar-refractivity contribution >= 4 is 29.6 Å². The van der Waals surface area contributed by atoms with Gasteiger partial charge in [-0.3, -0.25) is 14.4 Å². The van der Waals surface area contributed by atoms with Gasteiger partial charge in [0.25, 0.3) is 5.91 Å². The van der Waals surface area contributed by atoms with Crippen molar-refractivity contribution in [1.82, 2.24) is 5.32 Å². The molecule has 142 valence electrons. The normalized spacial score (nSPS) is 21.8. The molecule has 1 heterocycles. The first-order valence-corrected chi connectivity index (χ1v) is 9.77. The van der Waals surface area contributed by atoms with Gasteiger partial charge in [-0.25, -0.2) is 0 Å². The van der Waals surface area contributed by atoms with Crippen molar-refractivity contribution in [1.29, 1.82) is 0 Å². The lowest BCUT2D eigenvalue weighted by atomic mass is 10.0. The quantitative estimate of drug-likeness (QED) is 0.552. The zero-order valence-corrected chi connectivity index (χ0v) is 15.9. The lowest BCUT2D eigenvalue weighted by Crippen LogP contribution is -2.46. The summed E-state index contributed by atoms with van der Waals surface area (Å²) < 4.78 is 10.1. The van der Waals surface area contributed by atoms with Crippen molar-refractivity contribution in [2.75, 3.05) is 12.9 Å². The minimum absolute atomic E-state index is 0.109. The third kappa shape index (κ3) is 6.05. The Kier molecular flexibility index (Phi) is 7.97. The van der Waals surface area contributed by atoms with Gasteiger partial charge in [0, 0.05) is 29.9 Å². The zero-order chi connectivity index (χ0) is 18.9. The van der Waals surface area contributed by atoms with Gasteiger partial charge in [-0.1, -0.05) is 24.6 Å². The number of carbonyl (C=O) groups is 3. The summed E-state index contributed by atoms with van der Waals surface area (Å²) in [5.41, 5.74) is 0.584. The third-order valence-electron chi connectivity index (χ3n) is 4.25. The summed E-state index contributed by atoms with van der Waals surface area (Å²) in [4.78, 5) is 35.1. The third-order valence-corrected chi connectivity index (χ3v) is 5.74. The molecule has 1 aliphatic heterocycles. The van der Waals surface area contributed by atoms with Crippen LogP contribution in [0.2, 0.25) is 0 Å². The molecule has 0 spiro atoms. The van der Waals surface area contributed by atoms with Crippen LogP contribution in [0.15, 0.2) is 30.3 Å². The van der Waals surface area contributed by atoms with Gasteiger partial charge in [0.05, 0.1) is 13.2 Å². The highest BCUT2D eigenvalue weighted by Gasteiger charge is 2.39. The maximum absolute atomic E-state index is 12.4.